The Bertz CT molecular complexity index is 696. The van der Waals surface area contributed by atoms with Crippen molar-refractivity contribution < 1.29 is 24.5 Å². The molecule has 0 bridgehead atoms. The van der Waals surface area contributed by atoms with Gasteiger partial charge >= 0.3 is 5.97 Å². The highest BCUT2D eigenvalue weighted by Gasteiger charge is 2.12. The van der Waals surface area contributed by atoms with Crippen molar-refractivity contribution in [3.63, 3.8) is 0 Å². The van der Waals surface area contributed by atoms with Crippen LogP contribution in [-0.4, -0.2) is 30.4 Å². The van der Waals surface area contributed by atoms with Crippen molar-refractivity contribution in [3.05, 3.63) is 53.6 Å². The Hall–Kier alpha value is -2.95. The standard InChI is InChI=1S/C17H16O5/c1-21-14-6-11(7-15(10-14)22-2)8-16(17(19)20)12-4-3-5-13(18)9-12/h3-10,18H,1-2H3,(H,19,20)/b16-8-. The third-order valence-corrected chi connectivity index (χ3v) is 3.07. The van der Waals surface area contributed by atoms with E-state index in [1.54, 1.807) is 30.3 Å². The molecule has 0 radical (unpaired) electrons. The van der Waals surface area contributed by atoms with E-state index in [0.29, 0.717) is 22.6 Å². The van der Waals surface area contributed by atoms with Crippen LogP contribution in [0.1, 0.15) is 11.1 Å². The van der Waals surface area contributed by atoms with Crippen molar-refractivity contribution >= 4 is 17.6 Å². The molecule has 2 N–H and O–H groups in total. The lowest BCUT2D eigenvalue weighted by Gasteiger charge is -2.08. The summed E-state index contributed by atoms with van der Waals surface area (Å²) >= 11 is 0. The van der Waals surface area contributed by atoms with Crippen molar-refractivity contribution in [2.75, 3.05) is 14.2 Å². The first-order chi connectivity index (χ1) is 10.5. The van der Waals surface area contributed by atoms with Gasteiger partial charge in [0.2, 0.25) is 0 Å². The number of carboxylic acids is 1. The predicted octanol–water partition coefficient (Wildman–Crippen LogP) is 3.03. The fraction of sp³-hybridized carbons (Fsp3) is 0.118. The second kappa shape index (κ2) is 6.67. The van der Waals surface area contributed by atoms with Crippen LogP contribution in [0.2, 0.25) is 0 Å². The van der Waals surface area contributed by atoms with Crippen LogP contribution in [0.3, 0.4) is 0 Å². The molecule has 0 spiro atoms. The largest absolute Gasteiger partial charge is 0.508 e. The molecule has 0 aliphatic rings. The minimum atomic E-state index is -1.09. The number of aliphatic carboxylic acids is 1. The number of carboxylic acid groups (broad SMARTS) is 1. The summed E-state index contributed by atoms with van der Waals surface area (Å²) in [6.07, 6.45) is 1.50. The molecule has 2 aromatic rings. The number of phenolic OH excluding ortho intramolecular Hbond substituents is 1. The maximum Gasteiger partial charge on any atom is 0.336 e. The molecule has 0 aliphatic heterocycles. The molecule has 2 rings (SSSR count). The molecule has 22 heavy (non-hydrogen) atoms. The Morgan fingerprint density at radius 2 is 1.68 bits per heavy atom. The van der Waals surface area contributed by atoms with Gasteiger partial charge in [-0.2, -0.15) is 0 Å². The van der Waals surface area contributed by atoms with Crippen LogP contribution in [0.15, 0.2) is 42.5 Å². The lowest BCUT2D eigenvalue weighted by Crippen LogP contribution is -1.99. The second-order valence-electron chi connectivity index (χ2n) is 4.56. The number of aromatic hydroxyl groups is 1. The third-order valence-electron chi connectivity index (χ3n) is 3.07. The van der Waals surface area contributed by atoms with E-state index in [2.05, 4.69) is 0 Å². The summed E-state index contributed by atoms with van der Waals surface area (Å²) in [5.41, 5.74) is 1.09. The normalized spacial score (nSPS) is 11.1. The molecule has 0 aromatic heterocycles. The summed E-state index contributed by atoms with van der Waals surface area (Å²) in [5, 5.41) is 18.9. The first-order valence-electron chi connectivity index (χ1n) is 6.51. The van der Waals surface area contributed by atoms with Gasteiger partial charge in [0.25, 0.3) is 0 Å². The molecule has 5 nitrogen and oxygen atoms in total. The van der Waals surface area contributed by atoms with Gasteiger partial charge in [-0.1, -0.05) is 12.1 Å². The van der Waals surface area contributed by atoms with Crippen molar-refractivity contribution in [1.29, 1.82) is 0 Å². The van der Waals surface area contributed by atoms with E-state index in [0.717, 1.165) is 0 Å². The minimum Gasteiger partial charge on any atom is -0.508 e. The molecule has 0 aliphatic carbocycles. The Balaban J connectivity index is 2.53. The summed E-state index contributed by atoms with van der Waals surface area (Å²) in [7, 11) is 3.05. The minimum absolute atomic E-state index is 0.00729. The van der Waals surface area contributed by atoms with Gasteiger partial charge in [0, 0.05) is 6.07 Å². The SMILES string of the molecule is COc1cc(/C=C(\C(=O)O)c2cccc(O)c2)cc(OC)c1. The van der Waals surface area contributed by atoms with Crippen molar-refractivity contribution in [2.45, 2.75) is 0 Å². The van der Waals surface area contributed by atoms with Crippen LogP contribution in [0.25, 0.3) is 11.6 Å². The average Bonchev–Trinajstić information content (AvgIpc) is 2.51. The molecule has 114 valence electrons. The lowest BCUT2D eigenvalue weighted by atomic mass is 10.0. The van der Waals surface area contributed by atoms with Gasteiger partial charge in [0.05, 0.1) is 19.8 Å². The molecular formula is C17H16O5. The smallest absolute Gasteiger partial charge is 0.336 e. The van der Waals surface area contributed by atoms with Gasteiger partial charge in [-0.15, -0.1) is 0 Å². The lowest BCUT2D eigenvalue weighted by molar-refractivity contribution is -0.130. The number of ether oxygens (including phenoxy) is 2. The van der Waals surface area contributed by atoms with Crippen LogP contribution in [0.4, 0.5) is 0 Å². The fourth-order valence-corrected chi connectivity index (χ4v) is 2.02. The van der Waals surface area contributed by atoms with Gasteiger partial charge in [0.15, 0.2) is 0 Å². The molecule has 0 atom stereocenters. The number of hydrogen-bond acceptors (Lipinski definition) is 4. The average molecular weight is 300 g/mol. The van der Waals surface area contributed by atoms with Gasteiger partial charge in [-0.25, -0.2) is 4.79 Å². The van der Waals surface area contributed by atoms with Gasteiger partial charge in [-0.3, -0.25) is 0 Å². The molecule has 0 heterocycles. The zero-order valence-electron chi connectivity index (χ0n) is 12.2. The summed E-state index contributed by atoms with van der Waals surface area (Å²) in [6, 6.07) is 11.2. The van der Waals surface area contributed by atoms with Crippen LogP contribution < -0.4 is 9.47 Å². The zero-order chi connectivity index (χ0) is 16.1. The Kier molecular flexibility index (Phi) is 4.68. The van der Waals surface area contributed by atoms with Gasteiger partial charge in [0.1, 0.15) is 17.2 Å². The summed E-state index contributed by atoms with van der Waals surface area (Å²) in [5.74, 6) is 0.0396. The highest BCUT2D eigenvalue weighted by Crippen LogP contribution is 2.27. The number of rotatable bonds is 5. The van der Waals surface area contributed by atoms with Gasteiger partial charge in [-0.05, 0) is 41.5 Å². The number of phenols is 1. The molecule has 2 aromatic carbocycles. The van der Waals surface area contributed by atoms with Crippen molar-refractivity contribution in [3.8, 4) is 17.2 Å². The van der Waals surface area contributed by atoms with Crippen molar-refractivity contribution in [2.24, 2.45) is 0 Å². The highest BCUT2D eigenvalue weighted by atomic mass is 16.5. The molecular weight excluding hydrogens is 284 g/mol. The molecule has 5 heteroatoms. The first-order valence-corrected chi connectivity index (χ1v) is 6.51. The summed E-state index contributed by atoms with van der Waals surface area (Å²) in [6.45, 7) is 0. The van der Waals surface area contributed by atoms with E-state index in [1.807, 2.05) is 0 Å². The highest BCUT2D eigenvalue weighted by molar-refractivity contribution is 6.20. The van der Waals surface area contributed by atoms with Crippen LogP contribution in [0, 0.1) is 0 Å². The van der Waals surface area contributed by atoms with E-state index < -0.39 is 5.97 Å². The van der Waals surface area contributed by atoms with Crippen molar-refractivity contribution in [1.82, 2.24) is 0 Å². The first kappa shape index (κ1) is 15.4. The number of benzene rings is 2. The molecule has 0 unspecified atom stereocenters. The number of carbonyl (C=O) groups is 1. The van der Waals surface area contributed by atoms with E-state index in [9.17, 15) is 15.0 Å². The number of hydrogen-bond donors (Lipinski definition) is 2. The van der Waals surface area contributed by atoms with E-state index in [1.165, 1.54) is 32.4 Å². The Morgan fingerprint density at radius 3 is 2.18 bits per heavy atom. The third kappa shape index (κ3) is 3.58. The van der Waals surface area contributed by atoms with Crippen LogP contribution >= 0.6 is 0 Å². The van der Waals surface area contributed by atoms with E-state index >= 15 is 0 Å². The Labute approximate surface area is 128 Å². The monoisotopic (exact) mass is 300 g/mol. The summed E-state index contributed by atoms with van der Waals surface area (Å²) < 4.78 is 10.3. The van der Waals surface area contributed by atoms with Crippen LogP contribution in [-0.2, 0) is 4.79 Å². The molecule has 0 fully saturated rings. The van der Waals surface area contributed by atoms with Gasteiger partial charge < -0.3 is 19.7 Å². The quantitative estimate of drug-likeness (QED) is 0.655. The Morgan fingerprint density at radius 1 is 1.05 bits per heavy atom. The van der Waals surface area contributed by atoms with E-state index in [-0.39, 0.29) is 11.3 Å². The van der Waals surface area contributed by atoms with Crippen LogP contribution in [0.5, 0.6) is 17.2 Å². The second-order valence-corrected chi connectivity index (χ2v) is 4.56. The van der Waals surface area contributed by atoms with E-state index in [4.69, 9.17) is 9.47 Å². The maximum atomic E-state index is 11.5. The summed E-state index contributed by atoms with van der Waals surface area (Å²) in [4.78, 5) is 11.5. The fourth-order valence-electron chi connectivity index (χ4n) is 2.02. The molecule has 0 amide bonds. The zero-order valence-corrected chi connectivity index (χ0v) is 12.2. The molecule has 0 saturated carbocycles. The number of methoxy groups -OCH3 is 2. The predicted molar refractivity (Wildman–Crippen MR) is 83.2 cm³/mol. The maximum absolute atomic E-state index is 11.5. The molecule has 0 saturated heterocycles. The topological polar surface area (TPSA) is 76.0 Å².